The van der Waals surface area contributed by atoms with Crippen molar-refractivity contribution in [1.82, 2.24) is 5.32 Å². The van der Waals surface area contributed by atoms with Crippen molar-refractivity contribution in [3.05, 3.63) is 47.5 Å². The van der Waals surface area contributed by atoms with Crippen LogP contribution in [0.5, 0.6) is 0 Å². The first-order chi connectivity index (χ1) is 9.75. The standard InChI is InChI=1S/C17H19NO2.ClH/c19-14-8-7-13-15-11(9-18-16(13)17(14)20)6-5-10-3-1-2-4-12(10)15;/h1-6,13-14,16-20H,7-9H2;1H/t13-,14+,16+,17+;/m0./s1. The molecular weight excluding hydrogens is 286 g/mol. The highest BCUT2D eigenvalue weighted by atomic mass is 35.5. The van der Waals surface area contributed by atoms with Crippen LogP contribution < -0.4 is 5.32 Å². The fourth-order valence-electron chi connectivity index (χ4n) is 3.93. The maximum Gasteiger partial charge on any atom is 0.0957 e. The Kier molecular flexibility index (Phi) is 3.93. The van der Waals surface area contributed by atoms with E-state index in [2.05, 4.69) is 41.7 Å². The Morgan fingerprint density at radius 2 is 1.81 bits per heavy atom. The molecule has 4 rings (SSSR count). The Morgan fingerprint density at radius 1 is 1.00 bits per heavy atom. The van der Waals surface area contributed by atoms with Crippen molar-refractivity contribution in [1.29, 1.82) is 0 Å². The van der Waals surface area contributed by atoms with Crippen LogP contribution in [0, 0.1) is 0 Å². The molecule has 21 heavy (non-hydrogen) atoms. The molecule has 1 aliphatic heterocycles. The van der Waals surface area contributed by atoms with Crippen LogP contribution >= 0.6 is 12.4 Å². The van der Waals surface area contributed by atoms with E-state index in [1.165, 1.54) is 21.9 Å². The van der Waals surface area contributed by atoms with Gasteiger partial charge in [0.2, 0.25) is 0 Å². The summed E-state index contributed by atoms with van der Waals surface area (Å²) in [7, 11) is 0. The molecule has 2 aromatic rings. The van der Waals surface area contributed by atoms with Gasteiger partial charge in [0.1, 0.15) is 0 Å². The lowest BCUT2D eigenvalue weighted by Crippen LogP contribution is -2.54. The molecule has 2 aromatic carbocycles. The first kappa shape index (κ1) is 14.8. The van der Waals surface area contributed by atoms with E-state index < -0.39 is 12.2 Å². The van der Waals surface area contributed by atoms with Crippen molar-refractivity contribution in [3.8, 4) is 0 Å². The molecule has 4 heteroatoms. The maximum absolute atomic E-state index is 10.3. The van der Waals surface area contributed by atoms with E-state index in [1.807, 2.05) is 0 Å². The predicted molar refractivity (Wildman–Crippen MR) is 85.8 cm³/mol. The monoisotopic (exact) mass is 305 g/mol. The van der Waals surface area contributed by atoms with Gasteiger partial charge in [0.05, 0.1) is 12.2 Å². The fraction of sp³-hybridized carbons (Fsp3) is 0.412. The molecule has 0 saturated heterocycles. The van der Waals surface area contributed by atoms with E-state index in [1.54, 1.807) is 0 Å². The molecule has 0 bridgehead atoms. The Bertz CT molecular complexity index is 660. The van der Waals surface area contributed by atoms with Gasteiger partial charge in [-0.3, -0.25) is 0 Å². The number of nitrogens with one attached hydrogen (secondary N) is 1. The second kappa shape index (κ2) is 5.58. The molecule has 1 saturated carbocycles. The zero-order chi connectivity index (χ0) is 13.7. The number of benzene rings is 2. The summed E-state index contributed by atoms with van der Waals surface area (Å²) >= 11 is 0. The van der Waals surface area contributed by atoms with Gasteiger partial charge in [0.15, 0.2) is 0 Å². The minimum absolute atomic E-state index is 0. The molecule has 0 spiro atoms. The highest BCUT2D eigenvalue weighted by molar-refractivity contribution is 5.87. The molecule has 3 N–H and O–H groups in total. The summed E-state index contributed by atoms with van der Waals surface area (Å²) in [5, 5.41) is 26.1. The van der Waals surface area contributed by atoms with Crippen molar-refractivity contribution in [2.75, 3.05) is 0 Å². The fourth-order valence-corrected chi connectivity index (χ4v) is 3.93. The summed E-state index contributed by atoms with van der Waals surface area (Å²) in [6, 6.07) is 12.8. The molecule has 1 aliphatic carbocycles. The van der Waals surface area contributed by atoms with Crippen LogP contribution in [0.3, 0.4) is 0 Å². The van der Waals surface area contributed by atoms with E-state index in [9.17, 15) is 10.2 Å². The molecule has 0 radical (unpaired) electrons. The zero-order valence-corrected chi connectivity index (χ0v) is 12.5. The lowest BCUT2D eigenvalue weighted by Gasteiger charge is -2.43. The Hall–Kier alpha value is -1.13. The van der Waals surface area contributed by atoms with Crippen LogP contribution in [0.15, 0.2) is 36.4 Å². The van der Waals surface area contributed by atoms with Gasteiger partial charge in [-0.2, -0.15) is 0 Å². The number of fused-ring (bicyclic) bond motifs is 5. The minimum Gasteiger partial charge on any atom is -0.390 e. The first-order valence-corrected chi connectivity index (χ1v) is 7.36. The van der Waals surface area contributed by atoms with E-state index >= 15 is 0 Å². The van der Waals surface area contributed by atoms with Gasteiger partial charge < -0.3 is 15.5 Å². The Balaban J connectivity index is 0.00000132. The summed E-state index contributed by atoms with van der Waals surface area (Å²) in [5.41, 5.74) is 2.70. The lowest BCUT2D eigenvalue weighted by atomic mass is 9.72. The third-order valence-electron chi connectivity index (χ3n) is 4.93. The van der Waals surface area contributed by atoms with Crippen molar-refractivity contribution >= 4 is 23.2 Å². The average Bonchev–Trinajstić information content (AvgIpc) is 2.50. The average molecular weight is 306 g/mol. The molecule has 0 aromatic heterocycles. The molecule has 0 unspecified atom stereocenters. The van der Waals surface area contributed by atoms with E-state index in [4.69, 9.17) is 0 Å². The molecule has 112 valence electrons. The van der Waals surface area contributed by atoms with Crippen LogP contribution in [0.25, 0.3) is 10.8 Å². The van der Waals surface area contributed by atoms with Gasteiger partial charge in [-0.05, 0) is 34.7 Å². The predicted octanol–water partition coefficient (Wildman–Crippen LogP) is 2.33. The van der Waals surface area contributed by atoms with E-state index in [-0.39, 0.29) is 18.4 Å². The number of hydrogen-bond acceptors (Lipinski definition) is 3. The number of aliphatic hydroxyl groups excluding tert-OH is 2. The molecular formula is C17H20ClNO2. The van der Waals surface area contributed by atoms with Crippen LogP contribution in [0.1, 0.15) is 29.9 Å². The maximum atomic E-state index is 10.3. The third-order valence-corrected chi connectivity index (χ3v) is 4.93. The zero-order valence-electron chi connectivity index (χ0n) is 11.7. The second-order valence-electron chi connectivity index (χ2n) is 6.01. The largest absolute Gasteiger partial charge is 0.390 e. The summed E-state index contributed by atoms with van der Waals surface area (Å²) in [6.07, 6.45) is 0.338. The summed E-state index contributed by atoms with van der Waals surface area (Å²) in [5.74, 6) is 0.295. The summed E-state index contributed by atoms with van der Waals surface area (Å²) in [4.78, 5) is 0. The Labute approximate surface area is 130 Å². The highest BCUT2D eigenvalue weighted by Crippen LogP contribution is 2.41. The molecule has 3 nitrogen and oxygen atoms in total. The van der Waals surface area contributed by atoms with Gasteiger partial charge >= 0.3 is 0 Å². The van der Waals surface area contributed by atoms with Crippen molar-refractivity contribution in [2.45, 2.75) is 43.6 Å². The topological polar surface area (TPSA) is 52.5 Å². The van der Waals surface area contributed by atoms with Crippen molar-refractivity contribution in [2.24, 2.45) is 0 Å². The molecule has 1 heterocycles. The number of rotatable bonds is 0. The smallest absolute Gasteiger partial charge is 0.0957 e. The minimum atomic E-state index is -0.666. The highest BCUT2D eigenvalue weighted by Gasteiger charge is 2.41. The van der Waals surface area contributed by atoms with E-state index in [0.29, 0.717) is 12.3 Å². The van der Waals surface area contributed by atoms with Gasteiger partial charge in [-0.1, -0.05) is 36.4 Å². The normalized spacial score (nSPS) is 31.1. The number of hydrogen-bond donors (Lipinski definition) is 3. The molecule has 0 amide bonds. The van der Waals surface area contributed by atoms with Crippen molar-refractivity contribution < 1.29 is 10.2 Å². The number of aliphatic hydroxyl groups is 2. The van der Waals surface area contributed by atoms with Crippen LogP contribution in [-0.2, 0) is 6.54 Å². The first-order valence-electron chi connectivity index (χ1n) is 7.36. The number of halogens is 1. The van der Waals surface area contributed by atoms with Crippen molar-refractivity contribution in [3.63, 3.8) is 0 Å². The molecule has 4 atom stereocenters. The molecule has 1 fully saturated rings. The SMILES string of the molecule is Cl.O[C@H]1[C@@H]2NCc3ccc4ccccc4c3[C@@H]2CC[C@H]1O. The summed E-state index contributed by atoms with van der Waals surface area (Å²) < 4.78 is 0. The van der Waals surface area contributed by atoms with Gasteiger partial charge in [-0.25, -0.2) is 0 Å². The van der Waals surface area contributed by atoms with Crippen LogP contribution in [0.4, 0.5) is 0 Å². The van der Waals surface area contributed by atoms with Crippen LogP contribution in [-0.4, -0.2) is 28.5 Å². The molecule has 2 aliphatic rings. The van der Waals surface area contributed by atoms with E-state index in [0.717, 1.165) is 13.0 Å². The third kappa shape index (κ3) is 2.25. The van der Waals surface area contributed by atoms with Crippen LogP contribution in [0.2, 0.25) is 0 Å². The van der Waals surface area contributed by atoms with Gasteiger partial charge in [-0.15, -0.1) is 12.4 Å². The summed E-state index contributed by atoms with van der Waals surface area (Å²) in [6.45, 7) is 0.769. The lowest BCUT2D eigenvalue weighted by molar-refractivity contribution is -0.0393. The van der Waals surface area contributed by atoms with Gasteiger partial charge in [0.25, 0.3) is 0 Å². The quantitative estimate of drug-likeness (QED) is 0.700. The second-order valence-corrected chi connectivity index (χ2v) is 6.01. The van der Waals surface area contributed by atoms with Gasteiger partial charge in [0, 0.05) is 18.5 Å². The Morgan fingerprint density at radius 3 is 2.67 bits per heavy atom.